The lowest BCUT2D eigenvalue weighted by Gasteiger charge is -2.28. The first-order valence-electron chi connectivity index (χ1n) is 11.1. The largest absolute Gasteiger partial charge is 0.353 e. The highest BCUT2D eigenvalue weighted by molar-refractivity contribution is 9.10. The van der Waals surface area contributed by atoms with Crippen LogP contribution in [0.2, 0.25) is 0 Å². The monoisotopic (exact) mass is 516 g/mol. The molecule has 1 aromatic carbocycles. The molecule has 8 heteroatoms. The number of hydrogen-bond acceptors (Lipinski definition) is 5. The minimum absolute atomic E-state index is 0.0131. The summed E-state index contributed by atoms with van der Waals surface area (Å²) in [5.41, 5.74) is 0.673. The molecule has 32 heavy (non-hydrogen) atoms. The van der Waals surface area contributed by atoms with Gasteiger partial charge < -0.3 is 14.4 Å². The number of amides is 1. The summed E-state index contributed by atoms with van der Waals surface area (Å²) < 4.78 is 14.1. The van der Waals surface area contributed by atoms with Gasteiger partial charge >= 0.3 is 0 Å². The third kappa shape index (κ3) is 4.17. The molecule has 2 fully saturated rings. The quantitative estimate of drug-likeness (QED) is 0.480. The van der Waals surface area contributed by atoms with E-state index >= 15 is 0 Å². The second-order valence-corrected chi connectivity index (χ2v) is 10.0. The summed E-state index contributed by atoms with van der Waals surface area (Å²) >= 11 is 5.01. The zero-order valence-corrected chi connectivity index (χ0v) is 20.1. The maximum Gasteiger partial charge on any atom is 0.265 e. The van der Waals surface area contributed by atoms with Gasteiger partial charge in [0.2, 0.25) is 0 Å². The minimum Gasteiger partial charge on any atom is -0.353 e. The van der Waals surface area contributed by atoms with Gasteiger partial charge in [-0.25, -0.2) is 0 Å². The number of carbonyl (C=O) groups excluding carboxylic acids is 1. The summed E-state index contributed by atoms with van der Waals surface area (Å²) in [5.74, 6) is -0.0131. The van der Waals surface area contributed by atoms with Crippen LogP contribution in [0.1, 0.15) is 41.8 Å². The van der Waals surface area contributed by atoms with Crippen molar-refractivity contribution >= 4 is 43.4 Å². The fourth-order valence-electron chi connectivity index (χ4n) is 4.48. The average molecular weight is 517 g/mol. The predicted octanol–water partition coefficient (Wildman–Crippen LogP) is 4.96. The number of hydrogen-bond donors (Lipinski definition) is 0. The molecule has 2 aliphatic heterocycles. The van der Waals surface area contributed by atoms with Crippen LogP contribution in [0.15, 0.2) is 51.7 Å². The van der Waals surface area contributed by atoms with E-state index in [1.54, 1.807) is 16.7 Å². The van der Waals surface area contributed by atoms with Crippen molar-refractivity contribution in [1.29, 1.82) is 0 Å². The Bertz CT molecular complexity index is 1170. The Balaban J connectivity index is 1.43. The molecule has 0 spiro atoms. The van der Waals surface area contributed by atoms with Crippen molar-refractivity contribution in [3.63, 3.8) is 0 Å². The van der Waals surface area contributed by atoms with E-state index in [1.165, 1.54) is 11.3 Å². The molecule has 168 valence electrons. The van der Waals surface area contributed by atoms with Crippen molar-refractivity contribution in [1.82, 2.24) is 9.47 Å². The molecule has 2 atom stereocenters. The Morgan fingerprint density at radius 1 is 1.12 bits per heavy atom. The Hall–Kier alpha value is -2.00. The standard InChI is InChI=1S/C24H25BrN2O4S/c25-21-18-11-12-19(28)27(16-7-2-1-3-8-16)24(18)32-22(21)23(29)26-13-6-9-17(26)15-31-20-10-4-5-14-30-20/h1-3,7-8,11-12,17,20H,4-6,9-10,13-15H2/t17-,20?/m1/s1. The lowest BCUT2D eigenvalue weighted by molar-refractivity contribution is -0.168. The normalized spacial score (nSPS) is 21.3. The van der Waals surface area contributed by atoms with E-state index in [1.807, 2.05) is 35.2 Å². The van der Waals surface area contributed by atoms with Gasteiger partial charge in [-0.15, -0.1) is 11.3 Å². The first-order valence-corrected chi connectivity index (χ1v) is 12.7. The molecule has 1 amide bonds. The topological polar surface area (TPSA) is 60.8 Å². The molecule has 0 bridgehead atoms. The van der Waals surface area contributed by atoms with Crippen LogP contribution in [-0.2, 0) is 9.47 Å². The van der Waals surface area contributed by atoms with Gasteiger partial charge in [0.25, 0.3) is 11.5 Å². The van der Waals surface area contributed by atoms with Crippen LogP contribution in [-0.4, -0.2) is 47.5 Å². The van der Waals surface area contributed by atoms with E-state index in [9.17, 15) is 9.59 Å². The molecule has 4 heterocycles. The molecular formula is C24H25BrN2O4S. The fraction of sp³-hybridized carbons (Fsp3) is 0.417. The van der Waals surface area contributed by atoms with Gasteiger partial charge in [-0.2, -0.15) is 0 Å². The zero-order valence-electron chi connectivity index (χ0n) is 17.7. The van der Waals surface area contributed by atoms with Crippen molar-refractivity contribution in [2.24, 2.45) is 0 Å². The number of carbonyl (C=O) groups is 1. The molecule has 2 saturated heterocycles. The first kappa shape index (κ1) is 21.8. The van der Waals surface area contributed by atoms with Gasteiger partial charge in [0, 0.05) is 24.6 Å². The highest BCUT2D eigenvalue weighted by atomic mass is 79.9. The van der Waals surface area contributed by atoms with Gasteiger partial charge in [-0.3, -0.25) is 14.2 Å². The van der Waals surface area contributed by atoms with Gasteiger partial charge in [-0.1, -0.05) is 18.2 Å². The van der Waals surface area contributed by atoms with Gasteiger partial charge in [0.15, 0.2) is 6.29 Å². The molecule has 2 aromatic heterocycles. The molecule has 0 saturated carbocycles. The van der Waals surface area contributed by atoms with E-state index in [2.05, 4.69) is 15.9 Å². The van der Waals surface area contributed by atoms with Crippen molar-refractivity contribution < 1.29 is 14.3 Å². The Morgan fingerprint density at radius 3 is 2.75 bits per heavy atom. The van der Waals surface area contributed by atoms with E-state index in [0.717, 1.165) is 59.1 Å². The summed E-state index contributed by atoms with van der Waals surface area (Å²) in [7, 11) is 0. The van der Waals surface area contributed by atoms with Crippen molar-refractivity contribution in [3.05, 3.63) is 62.2 Å². The maximum absolute atomic E-state index is 13.6. The lowest BCUT2D eigenvalue weighted by atomic mass is 10.2. The highest BCUT2D eigenvalue weighted by Gasteiger charge is 2.33. The summed E-state index contributed by atoms with van der Waals surface area (Å²) in [6, 6.07) is 12.9. The predicted molar refractivity (Wildman–Crippen MR) is 129 cm³/mol. The molecule has 1 unspecified atom stereocenters. The Kier molecular flexibility index (Phi) is 6.46. The van der Waals surface area contributed by atoms with E-state index in [-0.39, 0.29) is 23.8 Å². The second kappa shape index (κ2) is 9.47. The van der Waals surface area contributed by atoms with Crippen LogP contribution >= 0.6 is 27.3 Å². The number of ether oxygens (including phenoxy) is 2. The van der Waals surface area contributed by atoms with Crippen LogP contribution < -0.4 is 5.56 Å². The summed E-state index contributed by atoms with van der Waals surface area (Å²) in [6.45, 7) is 1.95. The number of para-hydroxylation sites is 1. The number of benzene rings is 1. The van der Waals surface area contributed by atoms with Gasteiger partial charge in [-0.05, 0) is 66.2 Å². The van der Waals surface area contributed by atoms with Gasteiger partial charge in [0.05, 0.1) is 22.8 Å². The minimum atomic E-state index is -0.155. The number of aromatic nitrogens is 1. The third-order valence-corrected chi connectivity index (χ3v) is 8.40. The summed E-state index contributed by atoms with van der Waals surface area (Å²) in [6.07, 6.45) is 4.85. The average Bonchev–Trinajstić information content (AvgIpc) is 3.43. The number of thiophene rings is 1. The van der Waals surface area contributed by atoms with E-state index in [0.29, 0.717) is 18.0 Å². The molecule has 0 N–H and O–H groups in total. The smallest absolute Gasteiger partial charge is 0.265 e. The van der Waals surface area contributed by atoms with Gasteiger partial charge in [0.1, 0.15) is 9.71 Å². The Morgan fingerprint density at radius 2 is 1.97 bits per heavy atom. The SMILES string of the molecule is O=C(c1sc2c(ccc(=O)n2-c2ccccc2)c1Br)N1CCC[C@@H]1COC1CCCCO1. The molecule has 5 rings (SSSR count). The molecule has 0 aliphatic carbocycles. The number of rotatable bonds is 5. The van der Waals surface area contributed by atoms with Crippen LogP contribution in [0.4, 0.5) is 0 Å². The third-order valence-electron chi connectivity index (χ3n) is 6.14. The highest BCUT2D eigenvalue weighted by Crippen LogP contribution is 2.37. The van der Waals surface area contributed by atoms with E-state index < -0.39 is 0 Å². The van der Waals surface area contributed by atoms with Crippen LogP contribution in [0, 0.1) is 0 Å². The zero-order chi connectivity index (χ0) is 22.1. The number of pyridine rings is 1. The lowest BCUT2D eigenvalue weighted by Crippen LogP contribution is -2.39. The van der Waals surface area contributed by atoms with Crippen LogP contribution in [0.5, 0.6) is 0 Å². The molecular weight excluding hydrogens is 492 g/mol. The molecule has 6 nitrogen and oxygen atoms in total. The number of fused-ring (bicyclic) bond motifs is 1. The number of likely N-dealkylation sites (tertiary alicyclic amines) is 1. The number of halogens is 1. The summed E-state index contributed by atoms with van der Waals surface area (Å²) in [4.78, 5) is 29.6. The van der Waals surface area contributed by atoms with Crippen molar-refractivity contribution in [3.8, 4) is 5.69 Å². The van der Waals surface area contributed by atoms with E-state index in [4.69, 9.17) is 9.47 Å². The van der Waals surface area contributed by atoms with Crippen molar-refractivity contribution in [2.45, 2.75) is 44.4 Å². The fourth-order valence-corrected chi connectivity index (χ4v) is 6.51. The molecule has 0 radical (unpaired) electrons. The second-order valence-electron chi connectivity index (χ2n) is 8.23. The number of nitrogens with zero attached hydrogens (tertiary/aromatic N) is 2. The molecule has 2 aliphatic rings. The molecule has 3 aromatic rings. The van der Waals surface area contributed by atoms with Crippen molar-refractivity contribution in [2.75, 3.05) is 19.8 Å². The first-order chi connectivity index (χ1) is 15.6. The summed E-state index contributed by atoms with van der Waals surface area (Å²) in [5, 5.41) is 0.865. The Labute approximate surface area is 198 Å². The van der Waals surface area contributed by atoms with Crippen LogP contribution in [0.3, 0.4) is 0 Å². The van der Waals surface area contributed by atoms with Crippen LogP contribution in [0.25, 0.3) is 15.9 Å². The maximum atomic E-state index is 13.6.